The summed E-state index contributed by atoms with van der Waals surface area (Å²) in [5, 5.41) is 9.31. The standard InChI is InChI=1S/C15H21NO3/c1-10-6-7-16(14(10)15(17)18)9-12-4-5-13(19-3)11(2)8-12/h4-5,8,10,14H,6-7,9H2,1-3H3,(H,17,18). The second kappa shape index (κ2) is 5.61. The van der Waals surface area contributed by atoms with Gasteiger partial charge in [0.15, 0.2) is 0 Å². The minimum Gasteiger partial charge on any atom is -0.496 e. The predicted molar refractivity (Wildman–Crippen MR) is 73.3 cm³/mol. The molecule has 1 aromatic carbocycles. The number of ether oxygens (including phenoxy) is 1. The molecule has 1 saturated heterocycles. The summed E-state index contributed by atoms with van der Waals surface area (Å²) in [4.78, 5) is 13.4. The van der Waals surface area contributed by atoms with Gasteiger partial charge in [0.2, 0.25) is 0 Å². The first-order valence-electron chi connectivity index (χ1n) is 6.63. The molecular formula is C15H21NO3. The summed E-state index contributed by atoms with van der Waals surface area (Å²) in [6.45, 7) is 5.55. The van der Waals surface area contributed by atoms with Crippen LogP contribution < -0.4 is 4.74 Å². The molecule has 1 aliphatic heterocycles. The molecule has 4 heteroatoms. The van der Waals surface area contributed by atoms with E-state index in [1.807, 2.05) is 30.9 Å². The molecule has 1 heterocycles. The average Bonchev–Trinajstić information content (AvgIpc) is 2.70. The molecule has 104 valence electrons. The maximum atomic E-state index is 11.3. The van der Waals surface area contributed by atoms with Crippen LogP contribution in [-0.4, -0.2) is 35.7 Å². The Hall–Kier alpha value is -1.55. The molecule has 0 saturated carbocycles. The number of benzene rings is 1. The fourth-order valence-electron chi connectivity index (χ4n) is 2.88. The minimum atomic E-state index is -0.713. The summed E-state index contributed by atoms with van der Waals surface area (Å²) in [5.74, 6) is 0.375. The van der Waals surface area contributed by atoms with Crippen LogP contribution in [0.2, 0.25) is 0 Å². The Labute approximate surface area is 114 Å². The Bertz CT molecular complexity index is 472. The zero-order chi connectivity index (χ0) is 14.0. The highest BCUT2D eigenvalue weighted by Crippen LogP contribution is 2.27. The summed E-state index contributed by atoms with van der Waals surface area (Å²) in [6.07, 6.45) is 0.950. The second-order valence-corrected chi connectivity index (χ2v) is 5.32. The number of carbonyl (C=O) groups is 1. The van der Waals surface area contributed by atoms with Crippen molar-refractivity contribution in [3.05, 3.63) is 29.3 Å². The SMILES string of the molecule is COc1ccc(CN2CCC(C)C2C(=O)O)cc1C. The van der Waals surface area contributed by atoms with Crippen LogP contribution in [0.15, 0.2) is 18.2 Å². The molecule has 0 radical (unpaired) electrons. The Balaban J connectivity index is 2.12. The third kappa shape index (κ3) is 2.89. The lowest BCUT2D eigenvalue weighted by atomic mass is 10.0. The summed E-state index contributed by atoms with van der Waals surface area (Å²) in [6, 6.07) is 5.66. The molecule has 2 atom stereocenters. The number of carboxylic acids is 1. The third-order valence-corrected chi connectivity index (χ3v) is 3.90. The molecule has 0 bridgehead atoms. The van der Waals surface area contributed by atoms with Crippen molar-refractivity contribution in [1.29, 1.82) is 0 Å². The van der Waals surface area contributed by atoms with Crippen molar-refractivity contribution in [3.8, 4) is 5.75 Å². The van der Waals surface area contributed by atoms with Gasteiger partial charge in [-0.1, -0.05) is 19.1 Å². The molecule has 1 aromatic rings. The lowest BCUT2D eigenvalue weighted by molar-refractivity contribution is -0.143. The van der Waals surface area contributed by atoms with E-state index in [0.29, 0.717) is 6.54 Å². The predicted octanol–water partition coefficient (Wildman–Crippen LogP) is 2.30. The minimum absolute atomic E-state index is 0.219. The normalized spacial score (nSPS) is 23.5. The molecule has 0 aliphatic carbocycles. The van der Waals surface area contributed by atoms with Crippen LogP contribution >= 0.6 is 0 Å². The number of hydrogen-bond donors (Lipinski definition) is 1. The molecule has 19 heavy (non-hydrogen) atoms. The van der Waals surface area contributed by atoms with Crippen LogP contribution in [-0.2, 0) is 11.3 Å². The first-order chi connectivity index (χ1) is 9.02. The molecule has 0 amide bonds. The number of carboxylic acid groups (broad SMARTS) is 1. The van der Waals surface area contributed by atoms with E-state index >= 15 is 0 Å². The molecule has 4 nitrogen and oxygen atoms in total. The van der Waals surface area contributed by atoms with E-state index in [1.54, 1.807) is 7.11 Å². The largest absolute Gasteiger partial charge is 0.496 e. The van der Waals surface area contributed by atoms with E-state index < -0.39 is 5.97 Å². The zero-order valence-corrected chi connectivity index (χ0v) is 11.7. The van der Waals surface area contributed by atoms with Crippen LogP contribution in [0.25, 0.3) is 0 Å². The van der Waals surface area contributed by atoms with E-state index in [2.05, 4.69) is 6.07 Å². The van der Waals surface area contributed by atoms with Gasteiger partial charge in [0, 0.05) is 6.54 Å². The molecule has 0 spiro atoms. The van der Waals surface area contributed by atoms with Crippen molar-refractivity contribution in [2.75, 3.05) is 13.7 Å². The Morgan fingerprint density at radius 2 is 2.26 bits per heavy atom. The number of aryl methyl sites for hydroxylation is 1. The van der Waals surface area contributed by atoms with Crippen molar-refractivity contribution >= 4 is 5.97 Å². The van der Waals surface area contributed by atoms with Crippen LogP contribution in [0.3, 0.4) is 0 Å². The van der Waals surface area contributed by atoms with Gasteiger partial charge in [-0.3, -0.25) is 9.69 Å². The van der Waals surface area contributed by atoms with E-state index in [-0.39, 0.29) is 12.0 Å². The molecular weight excluding hydrogens is 242 g/mol. The highest BCUT2D eigenvalue weighted by atomic mass is 16.5. The average molecular weight is 263 g/mol. The Morgan fingerprint density at radius 3 is 2.84 bits per heavy atom. The number of nitrogens with zero attached hydrogens (tertiary/aromatic N) is 1. The van der Waals surface area contributed by atoms with E-state index in [0.717, 1.165) is 29.8 Å². The third-order valence-electron chi connectivity index (χ3n) is 3.90. The van der Waals surface area contributed by atoms with Gasteiger partial charge in [0.1, 0.15) is 11.8 Å². The summed E-state index contributed by atoms with van der Waals surface area (Å²) in [7, 11) is 1.66. The molecule has 1 aliphatic rings. The first-order valence-corrected chi connectivity index (χ1v) is 6.63. The second-order valence-electron chi connectivity index (χ2n) is 5.32. The monoisotopic (exact) mass is 263 g/mol. The summed E-state index contributed by atoms with van der Waals surface area (Å²) in [5.41, 5.74) is 2.22. The Kier molecular flexibility index (Phi) is 4.10. The fraction of sp³-hybridized carbons (Fsp3) is 0.533. The lowest BCUT2D eigenvalue weighted by Crippen LogP contribution is -2.38. The number of hydrogen-bond acceptors (Lipinski definition) is 3. The van der Waals surface area contributed by atoms with E-state index in [1.165, 1.54) is 0 Å². The number of aliphatic carboxylic acids is 1. The van der Waals surface area contributed by atoms with Crippen LogP contribution in [0, 0.1) is 12.8 Å². The molecule has 1 N–H and O–H groups in total. The van der Waals surface area contributed by atoms with E-state index in [4.69, 9.17) is 4.74 Å². The number of rotatable bonds is 4. The summed E-state index contributed by atoms with van der Waals surface area (Å²) >= 11 is 0. The molecule has 2 rings (SSSR count). The fourth-order valence-corrected chi connectivity index (χ4v) is 2.88. The van der Waals surface area contributed by atoms with Gasteiger partial charge < -0.3 is 9.84 Å². The maximum absolute atomic E-state index is 11.3. The van der Waals surface area contributed by atoms with Crippen molar-refractivity contribution in [2.45, 2.75) is 32.9 Å². The first kappa shape index (κ1) is 13.9. The lowest BCUT2D eigenvalue weighted by Gasteiger charge is -2.23. The van der Waals surface area contributed by atoms with Crippen LogP contribution in [0.1, 0.15) is 24.5 Å². The van der Waals surface area contributed by atoms with Gasteiger partial charge in [-0.25, -0.2) is 0 Å². The maximum Gasteiger partial charge on any atom is 0.321 e. The smallest absolute Gasteiger partial charge is 0.321 e. The van der Waals surface area contributed by atoms with Gasteiger partial charge in [0.05, 0.1) is 7.11 Å². The van der Waals surface area contributed by atoms with Gasteiger partial charge in [-0.05, 0) is 43.0 Å². The quantitative estimate of drug-likeness (QED) is 0.905. The van der Waals surface area contributed by atoms with Gasteiger partial charge in [-0.15, -0.1) is 0 Å². The molecule has 0 aromatic heterocycles. The molecule has 2 unspecified atom stereocenters. The van der Waals surface area contributed by atoms with Crippen LogP contribution in [0.4, 0.5) is 0 Å². The van der Waals surface area contributed by atoms with Crippen molar-refractivity contribution < 1.29 is 14.6 Å². The highest BCUT2D eigenvalue weighted by molar-refractivity contribution is 5.74. The zero-order valence-electron chi connectivity index (χ0n) is 11.7. The van der Waals surface area contributed by atoms with Gasteiger partial charge in [0.25, 0.3) is 0 Å². The van der Waals surface area contributed by atoms with Crippen molar-refractivity contribution in [1.82, 2.24) is 4.90 Å². The number of methoxy groups -OCH3 is 1. The van der Waals surface area contributed by atoms with Crippen molar-refractivity contribution in [3.63, 3.8) is 0 Å². The molecule has 1 fully saturated rings. The highest BCUT2D eigenvalue weighted by Gasteiger charge is 2.36. The van der Waals surface area contributed by atoms with Gasteiger partial charge >= 0.3 is 5.97 Å². The number of likely N-dealkylation sites (tertiary alicyclic amines) is 1. The van der Waals surface area contributed by atoms with Gasteiger partial charge in [-0.2, -0.15) is 0 Å². The summed E-state index contributed by atoms with van der Waals surface area (Å²) < 4.78 is 5.24. The topological polar surface area (TPSA) is 49.8 Å². The van der Waals surface area contributed by atoms with Crippen molar-refractivity contribution in [2.24, 2.45) is 5.92 Å². The Morgan fingerprint density at radius 1 is 1.53 bits per heavy atom. The van der Waals surface area contributed by atoms with Crippen LogP contribution in [0.5, 0.6) is 5.75 Å². The van der Waals surface area contributed by atoms with E-state index in [9.17, 15) is 9.90 Å².